The quantitative estimate of drug-likeness (QED) is 0.726. The molecule has 0 radical (unpaired) electrons. The lowest BCUT2D eigenvalue weighted by molar-refractivity contribution is -0.139. The molecule has 21 heavy (non-hydrogen) atoms. The lowest BCUT2D eigenvalue weighted by Gasteiger charge is -2.35. The Balaban J connectivity index is 1.66. The van der Waals surface area contributed by atoms with Crippen LogP contribution in [0.3, 0.4) is 0 Å². The Morgan fingerprint density at radius 2 is 1.38 bits per heavy atom. The molecule has 0 atom stereocenters. The van der Waals surface area contributed by atoms with E-state index in [1.165, 1.54) is 0 Å². The molecule has 2 aliphatic heterocycles. The van der Waals surface area contributed by atoms with Crippen molar-refractivity contribution >= 4 is 11.8 Å². The number of carbonyl (C=O) groups excluding carboxylic acids is 2. The van der Waals surface area contributed by atoms with E-state index in [9.17, 15) is 9.59 Å². The van der Waals surface area contributed by atoms with Gasteiger partial charge in [0.25, 0.3) is 0 Å². The largest absolute Gasteiger partial charge is 0.379 e. The number of hydrogen-bond acceptors (Lipinski definition) is 4. The van der Waals surface area contributed by atoms with Gasteiger partial charge in [-0.1, -0.05) is 6.92 Å². The fourth-order valence-electron chi connectivity index (χ4n) is 2.81. The average Bonchev–Trinajstić information content (AvgIpc) is 2.54. The van der Waals surface area contributed by atoms with Crippen molar-refractivity contribution in [1.82, 2.24) is 14.7 Å². The fourth-order valence-corrected chi connectivity index (χ4v) is 2.81. The van der Waals surface area contributed by atoms with E-state index in [4.69, 9.17) is 4.74 Å². The highest BCUT2D eigenvalue weighted by Crippen LogP contribution is 2.07. The third-order valence-corrected chi connectivity index (χ3v) is 4.19. The van der Waals surface area contributed by atoms with Crippen LogP contribution in [0.5, 0.6) is 0 Å². The highest BCUT2D eigenvalue weighted by atomic mass is 16.5. The van der Waals surface area contributed by atoms with Crippen molar-refractivity contribution in [3.05, 3.63) is 0 Å². The van der Waals surface area contributed by atoms with Crippen molar-refractivity contribution in [2.75, 3.05) is 59.0 Å². The summed E-state index contributed by atoms with van der Waals surface area (Å²) in [7, 11) is 0. The molecule has 2 aliphatic rings. The van der Waals surface area contributed by atoms with Gasteiger partial charge in [0, 0.05) is 58.7 Å². The minimum absolute atomic E-state index is 0.212. The number of hydrogen-bond donors (Lipinski definition) is 0. The second-order valence-electron chi connectivity index (χ2n) is 5.72. The normalized spacial score (nSPS) is 20.6. The average molecular weight is 297 g/mol. The molecule has 6 nitrogen and oxygen atoms in total. The molecule has 0 aromatic carbocycles. The second-order valence-corrected chi connectivity index (χ2v) is 5.72. The highest BCUT2D eigenvalue weighted by Gasteiger charge is 2.23. The van der Waals surface area contributed by atoms with E-state index in [1.807, 2.05) is 16.7 Å². The van der Waals surface area contributed by atoms with Gasteiger partial charge in [-0.05, 0) is 6.42 Å². The molecule has 120 valence electrons. The molecular weight excluding hydrogens is 270 g/mol. The van der Waals surface area contributed by atoms with E-state index < -0.39 is 0 Å². The zero-order valence-electron chi connectivity index (χ0n) is 13.1. The van der Waals surface area contributed by atoms with Crippen LogP contribution in [0.15, 0.2) is 0 Å². The summed E-state index contributed by atoms with van der Waals surface area (Å²) >= 11 is 0. The zero-order chi connectivity index (χ0) is 15.1. The highest BCUT2D eigenvalue weighted by molar-refractivity contribution is 5.78. The summed E-state index contributed by atoms with van der Waals surface area (Å²) in [4.78, 5) is 30.1. The first-order valence-electron chi connectivity index (χ1n) is 8.06. The number of morpholine rings is 1. The van der Waals surface area contributed by atoms with Gasteiger partial charge in [-0.2, -0.15) is 0 Å². The van der Waals surface area contributed by atoms with Gasteiger partial charge in [-0.15, -0.1) is 0 Å². The molecule has 2 saturated heterocycles. The molecule has 0 unspecified atom stereocenters. The summed E-state index contributed by atoms with van der Waals surface area (Å²) in [6.45, 7) is 8.94. The van der Waals surface area contributed by atoms with Gasteiger partial charge in [0.05, 0.1) is 13.2 Å². The van der Waals surface area contributed by atoms with Crippen molar-refractivity contribution < 1.29 is 14.3 Å². The van der Waals surface area contributed by atoms with Gasteiger partial charge in [0.1, 0.15) is 0 Å². The van der Waals surface area contributed by atoms with E-state index >= 15 is 0 Å². The van der Waals surface area contributed by atoms with E-state index in [0.717, 1.165) is 39.3 Å². The summed E-state index contributed by atoms with van der Waals surface area (Å²) in [5.41, 5.74) is 0. The maximum absolute atomic E-state index is 12.2. The number of rotatable bonds is 5. The lowest BCUT2D eigenvalue weighted by Crippen LogP contribution is -2.51. The van der Waals surface area contributed by atoms with Gasteiger partial charge in [0.2, 0.25) is 11.8 Å². The van der Waals surface area contributed by atoms with E-state index in [0.29, 0.717) is 39.0 Å². The van der Waals surface area contributed by atoms with Crippen LogP contribution in [0.4, 0.5) is 0 Å². The third kappa shape index (κ3) is 4.97. The van der Waals surface area contributed by atoms with E-state index in [2.05, 4.69) is 4.90 Å². The van der Waals surface area contributed by atoms with Crippen molar-refractivity contribution in [1.29, 1.82) is 0 Å². The number of carbonyl (C=O) groups is 2. The predicted molar refractivity (Wildman–Crippen MR) is 79.9 cm³/mol. The van der Waals surface area contributed by atoms with Crippen LogP contribution in [0.2, 0.25) is 0 Å². The summed E-state index contributed by atoms with van der Waals surface area (Å²) in [6.07, 6.45) is 2.07. The van der Waals surface area contributed by atoms with Gasteiger partial charge in [0.15, 0.2) is 0 Å². The summed E-state index contributed by atoms with van der Waals surface area (Å²) in [6, 6.07) is 0. The van der Waals surface area contributed by atoms with Gasteiger partial charge >= 0.3 is 0 Å². The molecule has 0 bridgehead atoms. The van der Waals surface area contributed by atoms with Crippen molar-refractivity contribution in [3.8, 4) is 0 Å². The van der Waals surface area contributed by atoms with Crippen LogP contribution in [-0.2, 0) is 14.3 Å². The van der Waals surface area contributed by atoms with Gasteiger partial charge in [-0.3, -0.25) is 14.5 Å². The minimum Gasteiger partial charge on any atom is -0.379 e. The smallest absolute Gasteiger partial charge is 0.223 e. The van der Waals surface area contributed by atoms with Crippen LogP contribution in [0, 0.1) is 0 Å². The first kappa shape index (κ1) is 16.2. The predicted octanol–water partition coefficient (Wildman–Crippen LogP) is 0.180. The Morgan fingerprint density at radius 1 is 0.857 bits per heavy atom. The Morgan fingerprint density at radius 3 is 1.90 bits per heavy atom. The molecule has 2 fully saturated rings. The number of ether oxygens (including phenoxy) is 1. The molecular formula is C15H27N3O3. The van der Waals surface area contributed by atoms with Crippen LogP contribution in [0.1, 0.15) is 26.2 Å². The summed E-state index contributed by atoms with van der Waals surface area (Å²) < 4.78 is 5.30. The Bertz CT molecular complexity index is 348. The standard InChI is InChI=1S/C15H27N3O3/c1-2-3-14(19)17-6-8-18(9-7-17)15(20)4-5-16-10-12-21-13-11-16/h2-13H2,1H3. The first-order valence-corrected chi connectivity index (χ1v) is 8.06. The lowest BCUT2D eigenvalue weighted by atomic mass is 10.2. The fraction of sp³-hybridized carbons (Fsp3) is 0.867. The molecule has 2 rings (SSSR count). The minimum atomic E-state index is 0.212. The van der Waals surface area contributed by atoms with Crippen LogP contribution in [-0.4, -0.2) is 85.5 Å². The van der Waals surface area contributed by atoms with E-state index in [-0.39, 0.29) is 11.8 Å². The van der Waals surface area contributed by atoms with Crippen molar-refractivity contribution in [3.63, 3.8) is 0 Å². The zero-order valence-corrected chi connectivity index (χ0v) is 13.1. The topological polar surface area (TPSA) is 53.1 Å². The third-order valence-electron chi connectivity index (χ3n) is 4.19. The monoisotopic (exact) mass is 297 g/mol. The van der Waals surface area contributed by atoms with Crippen LogP contribution >= 0.6 is 0 Å². The molecule has 0 aliphatic carbocycles. The second kappa shape index (κ2) is 8.34. The number of nitrogens with zero attached hydrogens (tertiary/aromatic N) is 3. The molecule has 0 spiro atoms. The molecule has 2 amide bonds. The number of amides is 2. The SMILES string of the molecule is CCCC(=O)N1CCN(C(=O)CCN2CCOCC2)CC1. The molecule has 2 heterocycles. The molecule has 6 heteroatoms. The van der Waals surface area contributed by atoms with Crippen molar-refractivity contribution in [2.24, 2.45) is 0 Å². The Kier molecular flexibility index (Phi) is 6.45. The Labute approximate surface area is 127 Å². The first-order chi connectivity index (χ1) is 10.2. The molecule has 0 aromatic rings. The van der Waals surface area contributed by atoms with Crippen molar-refractivity contribution in [2.45, 2.75) is 26.2 Å². The maximum atomic E-state index is 12.2. The summed E-state index contributed by atoms with van der Waals surface area (Å²) in [5, 5.41) is 0. The molecule has 0 N–H and O–H groups in total. The van der Waals surface area contributed by atoms with Crippen LogP contribution < -0.4 is 0 Å². The summed E-state index contributed by atoms with van der Waals surface area (Å²) in [5.74, 6) is 0.432. The Hall–Kier alpha value is -1.14. The van der Waals surface area contributed by atoms with E-state index in [1.54, 1.807) is 0 Å². The van der Waals surface area contributed by atoms with Gasteiger partial charge in [-0.25, -0.2) is 0 Å². The molecule has 0 saturated carbocycles. The molecule has 0 aromatic heterocycles. The van der Waals surface area contributed by atoms with Crippen LogP contribution in [0.25, 0.3) is 0 Å². The number of piperazine rings is 1. The van der Waals surface area contributed by atoms with Gasteiger partial charge < -0.3 is 14.5 Å². The maximum Gasteiger partial charge on any atom is 0.223 e.